The average molecular weight is 219 g/mol. The van der Waals surface area contributed by atoms with Gasteiger partial charge in [0.1, 0.15) is 11.7 Å². The summed E-state index contributed by atoms with van der Waals surface area (Å²) < 4.78 is 0. The molecule has 0 spiro atoms. The first kappa shape index (κ1) is 10.8. The summed E-state index contributed by atoms with van der Waals surface area (Å²) in [5.41, 5.74) is 0.124. The second kappa shape index (κ2) is 4.04. The minimum Gasteiger partial charge on any atom is -0.481 e. The molecular formula is C12H13NO3. The van der Waals surface area contributed by atoms with Crippen LogP contribution in [-0.4, -0.2) is 22.3 Å². The molecule has 1 aliphatic rings. The largest absolute Gasteiger partial charge is 0.481 e. The zero-order valence-corrected chi connectivity index (χ0v) is 8.85. The van der Waals surface area contributed by atoms with Crippen LogP contribution in [0.4, 0.5) is 0 Å². The lowest BCUT2D eigenvalue weighted by atomic mass is 9.82. The van der Waals surface area contributed by atoms with Crippen LogP contribution in [0.5, 0.6) is 0 Å². The number of rotatable bonds is 3. The predicted molar refractivity (Wildman–Crippen MR) is 57.4 cm³/mol. The van der Waals surface area contributed by atoms with E-state index in [0.29, 0.717) is 24.1 Å². The van der Waals surface area contributed by atoms with Crippen molar-refractivity contribution in [2.45, 2.75) is 31.1 Å². The maximum atomic E-state index is 11.4. The number of aliphatic carboxylic acids is 1. The van der Waals surface area contributed by atoms with Crippen molar-refractivity contribution in [2.24, 2.45) is 0 Å². The maximum absolute atomic E-state index is 11.4. The maximum Gasteiger partial charge on any atom is 0.315 e. The number of hydrogen-bond acceptors (Lipinski definition) is 3. The first-order chi connectivity index (χ1) is 7.69. The molecule has 4 heteroatoms. The third-order valence-electron chi connectivity index (χ3n) is 3.28. The van der Waals surface area contributed by atoms with Crippen molar-refractivity contribution in [3.8, 4) is 0 Å². The van der Waals surface area contributed by atoms with Gasteiger partial charge >= 0.3 is 5.97 Å². The highest BCUT2D eigenvalue weighted by Gasteiger charge is 2.44. The Labute approximate surface area is 93.3 Å². The van der Waals surface area contributed by atoms with Gasteiger partial charge in [-0.3, -0.25) is 14.6 Å². The van der Waals surface area contributed by atoms with Crippen molar-refractivity contribution >= 4 is 12.3 Å². The molecule has 0 radical (unpaired) electrons. The normalized spacial score (nSPS) is 18.2. The third-order valence-corrected chi connectivity index (χ3v) is 3.28. The van der Waals surface area contributed by atoms with Gasteiger partial charge in [0.25, 0.3) is 0 Å². The van der Waals surface area contributed by atoms with Crippen molar-refractivity contribution in [2.75, 3.05) is 0 Å². The molecule has 1 fully saturated rings. The third kappa shape index (κ3) is 1.60. The lowest BCUT2D eigenvalue weighted by molar-refractivity contribution is -0.143. The Balaban J connectivity index is 2.46. The first-order valence-electron chi connectivity index (χ1n) is 5.34. The van der Waals surface area contributed by atoms with Gasteiger partial charge in [-0.1, -0.05) is 12.8 Å². The van der Waals surface area contributed by atoms with Gasteiger partial charge in [0.2, 0.25) is 0 Å². The summed E-state index contributed by atoms with van der Waals surface area (Å²) in [6.07, 6.45) is 5.24. The van der Waals surface area contributed by atoms with Crippen molar-refractivity contribution < 1.29 is 14.7 Å². The Kier molecular flexibility index (Phi) is 2.73. The van der Waals surface area contributed by atoms with Crippen LogP contribution < -0.4 is 0 Å². The molecule has 0 bridgehead atoms. The fraction of sp³-hybridized carbons (Fsp3) is 0.417. The number of carbonyl (C=O) groups excluding carboxylic acids is 1. The van der Waals surface area contributed by atoms with Crippen LogP contribution in [0.1, 0.15) is 41.7 Å². The molecule has 1 aromatic heterocycles. The summed E-state index contributed by atoms with van der Waals surface area (Å²) in [5, 5.41) is 9.35. The summed E-state index contributed by atoms with van der Waals surface area (Å²) in [6.45, 7) is 0. The van der Waals surface area contributed by atoms with Crippen LogP contribution in [0, 0.1) is 0 Å². The van der Waals surface area contributed by atoms with E-state index in [0.717, 1.165) is 19.1 Å². The molecule has 0 atom stereocenters. The minimum absolute atomic E-state index is 0.484. The van der Waals surface area contributed by atoms with E-state index in [1.165, 1.54) is 6.20 Å². The highest BCUT2D eigenvalue weighted by atomic mass is 16.4. The standard InChI is InChI=1S/C12H13NO3/c14-8-9-3-6-13-10(7-9)12(11(15)16)4-1-2-5-12/h3,6-8H,1-2,4-5H2,(H,15,16). The van der Waals surface area contributed by atoms with Gasteiger partial charge in [0, 0.05) is 11.8 Å². The van der Waals surface area contributed by atoms with E-state index in [1.807, 2.05) is 0 Å². The molecule has 0 amide bonds. The molecule has 0 saturated heterocycles. The molecule has 1 saturated carbocycles. The molecule has 16 heavy (non-hydrogen) atoms. The summed E-state index contributed by atoms with van der Waals surface area (Å²) in [7, 11) is 0. The van der Waals surface area contributed by atoms with Gasteiger partial charge in [-0.25, -0.2) is 0 Å². The Morgan fingerprint density at radius 3 is 2.69 bits per heavy atom. The number of nitrogens with zero attached hydrogens (tertiary/aromatic N) is 1. The number of carboxylic acids is 1. The second-order valence-electron chi connectivity index (χ2n) is 4.19. The molecule has 0 unspecified atom stereocenters. The quantitative estimate of drug-likeness (QED) is 0.787. The van der Waals surface area contributed by atoms with Gasteiger partial charge in [0.15, 0.2) is 0 Å². The number of carbonyl (C=O) groups is 2. The Morgan fingerprint density at radius 2 is 2.12 bits per heavy atom. The van der Waals surface area contributed by atoms with Crippen LogP contribution in [0.15, 0.2) is 18.3 Å². The zero-order valence-electron chi connectivity index (χ0n) is 8.85. The van der Waals surface area contributed by atoms with E-state index in [-0.39, 0.29) is 0 Å². The molecule has 2 rings (SSSR count). The average Bonchev–Trinajstić information content (AvgIpc) is 2.79. The van der Waals surface area contributed by atoms with Crippen molar-refractivity contribution in [3.63, 3.8) is 0 Å². The molecule has 1 heterocycles. The minimum atomic E-state index is -0.876. The van der Waals surface area contributed by atoms with Gasteiger partial charge in [-0.15, -0.1) is 0 Å². The van der Waals surface area contributed by atoms with Gasteiger partial charge < -0.3 is 5.11 Å². The summed E-state index contributed by atoms with van der Waals surface area (Å²) in [4.78, 5) is 26.2. The Bertz CT molecular complexity index is 422. The van der Waals surface area contributed by atoms with E-state index >= 15 is 0 Å². The van der Waals surface area contributed by atoms with E-state index in [1.54, 1.807) is 12.1 Å². The number of aromatic nitrogens is 1. The molecule has 0 aromatic carbocycles. The van der Waals surface area contributed by atoms with Crippen LogP contribution in [0.25, 0.3) is 0 Å². The lowest BCUT2D eigenvalue weighted by Gasteiger charge is -2.23. The zero-order chi connectivity index (χ0) is 11.6. The number of pyridine rings is 1. The second-order valence-corrected chi connectivity index (χ2v) is 4.19. The summed E-state index contributed by atoms with van der Waals surface area (Å²) in [5.74, 6) is -0.833. The molecule has 1 aliphatic carbocycles. The van der Waals surface area contributed by atoms with Crippen molar-refractivity contribution in [3.05, 3.63) is 29.6 Å². The summed E-state index contributed by atoms with van der Waals surface area (Å²) >= 11 is 0. The Hall–Kier alpha value is -1.71. The van der Waals surface area contributed by atoms with Crippen LogP contribution in [0.3, 0.4) is 0 Å². The summed E-state index contributed by atoms with van der Waals surface area (Å²) in [6, 6.07) is 3.17. The lowest BCUT2D eigenvalue weighted by Crippen LogP contribution is -2.33. The monoisotopic (exact) mass is 219 g/mol. The molecule has 84 valence electrons. The van der Waals surface area contributed by atoms with Crippen LogP contribution in [0.2, 0.25) is 0 Å². The van der Waals surface area contributed by atoms with Crippen LogP contribution in [-0.2, 0) is 10.2 Å². The first-order valence-corrected chi connectivity index (χ1v) is 5.34. The van der Waals surface area contributed by atoms with Gasteiger partial charge in [-0.2, -0.15) is 0 Å². The van der Waals surface area contributed by atoms with Crippen LogP contribution >= 0.6 is 0 Å². The predicted octanol–water partition coefficient (Wildman–Crippen LogP) is 1.79. The van der Waals surface area contributed by atoms with Crippen molar-refractivity contribution in [1.29, 1.82) is 0 Å². The Morgan fingerprint density at radius 1 is 1.44 bits per heavy atom. The molecule has 1 N–H and O–H groups in total. The van der Waals surface area contributed by atoms with E-state index in [2.05, 4.69) is 4.98 Å². The fourth-order valence-corrected chi connectivity index (χ4v) is 2.34. The van der Waals surface area contributed by atoms with Gasteiger partial charge in [0.05, 0.1) is 5.69 Å². The highest BCUT2D eigenvalue weighted by molar-refractivity contribution is 5.82. The SMILES string of the molecule is O=Cc1ccnc(C2(C(=O)O)CCCC2)c1. The van der Waals surface area contributed by atoms with E-state index in [4.69, 9.17) is 0 Å². The van der Waals surface area contributed by atoms with E-state index < -0.39 is 11.4 Å². The molecular weight excluding hydrogens is 206 g/mol. The van der Waals surface area contributed by atoms with E-state index in [9.17, 15) is 14.7 Å². The molecule has 0 aliphatic heterocycles. The molecule has 4 nitrogen and oxygen atoms in total. The van der Waals surface area contributed by atoms with Gasteiger partial charge in [-0.05, 0) is 25.0 Å². The number of aldehydes is 1. The van der Waals surface area contributed by atoms with Crippen molar-refractivity contribution in [1.82, 2.24) is 4.98 Å². The molecule has 1 aromatic rings. The smallest absolute Gasteiger partial charge is 0.315 e. The topological polar surface area (TPSA) is 67.3 Å². The fourth-order valence-electron chi connectivity index (χ4n) is 2.34. The number of carboxylic acid groups (broad SMARTS) is 1. The highest BCUT2D eigenvalue weighted by Crippen LogP contribution is 2.40. The number of hydrogen-bond donors (Lipinski definition) is 1.